The Balaban J connectivity index is 0.000000461. The van der Waals surface area contributed by atoms with E-state index in [1.165, 1.54) is 7.05 Å². The number of aromatic nitrogens is 1. The lowest BCUT2D eigenvalue weighted by Crippen LogP contribution is -2.10. The van der Waals surface area contributed by atoms with Crippen LogP contribution in [0.4, 0.5) is 0 Å². The molecule has 0 aliphatic heterocycles. The van der Waals surface area contributed by atoms with Gasteiger partial charge in [-0.15, -0.1) is 0 Å². The first kappa shape index (κ1) is 9.58. The highest BCUT2D eigenvalue weighted by Gasteiger charge is 1.90. The summed E-state index contributed by atoms with van der Waals surface area (Å²) >= 11 is 0. The molecule has 1 rings (SSSR count). The van der Waals surface area contributed by atoms with Crippen LogP contribution in [-0.2, 0) is 0 Å². The number of nitrogen functional groups attached to an aromatic ring is 1. The van der Waals surface area contributed by atoms with E-state index in [2.05, 4.69) is 10.7 Å². The van der Waals surface area contributed by atoms with Crippen molar-refractivity contribution < 1.29 is 0 Å². The van der Waals surface area contributed by atoms with Crippen molar-refractivity contribution in [2.75, 3.05) is 7.05 Å². The van der Waals surface area contributed by atoms with Crippen LogP contribution < -0.4 is 11.5 Å². The van der Waals surface area contributed by atoms with Crippen LogP contribution in [0.25, 0.3) is 0 Å². The van der Waals surface area contributed by atoms with Crippen LogP contribution >= 0.6 is 0 Å². The normalized spacial score (nSPS) is 7.82. The maximum Gasteiger partial charge on any atom is 0.124 e. The number of hydrogen-bond acceptors (Lipinski definition) is 3. The number of pyridine rings is 1. The van der Waals surface area contributed by atoms with Crippen molar-refractivity contribution in [2.45, 2.75) is 0 Å². The Kier molecular flexibility index (Phi) is 4.68. The summed E-state index contributed by atoms with van der Waals surface area (Å²) < 4.78 is 0. The Hall–Kier alpha value is -1.42. The standard InChI is InChI=1S/C6H7N3.CH5N/c7-6(8)5-2-1-3-9-4-5;1-2/h1-4H,(H3,7,8);2H2,1H3. The molecule has 1 aromatic rings. The monoisotopic (exact) mass is 152 g/mol. The second kappa shape index (κ2) is 5.37. The summed E-state index contributed by atoms with van der Waals surface area (Å²) in [6.45, 7) is 0. The van der Waals surface area contributed by atoms with Crippen LogP contribution in [0.15, 0.2) is 24.5 Å². The molecule has 1 aromatic heterocycles. The largest absolute Gasteiger partial charge is 0.384 e. The Labute approximate surface area is 65.8 Å². The molecule has 1 heterocycles. The van der Waals surface area contributed by atoms with E-state index in [-0.39, 0.29) is 5.84 Å². The van der Waals surface area contributed by atoms with Gasteiger partial charge in [0.2, 0.25) is 0 Å². The molecule has 4 nitrogen and oxygen atoms in total. The molecule has 0 saturated heterocycles. The van der Waals surface area contributed by atoms with Gasteiger partial charge in [0.25, 0.3) is 0 Å². The molecule has 0 fully saturated rings. The fraction of sp³-hybridized carbons (Fsp3) is 0.143. The molecule has 0 aliphatic rings. The zero-order chi connectivity index (χ0) is 8.69. The Morgan fingerprint density at radius 1 is 1.55 bits per heavy atom. The smallest absolute Gasteiger partial charge is 0.124 e. The van der Waals surface area contributed by atoms with Crippen LogP contribution in [0.5, 0.6) is 0 Å². The molecule has 0 spiro atoms. The molecule has 4 heteroatoms. The highest BCUT2D eigenvalue weighted by Crippen LogP contribution is 1.91. The summed E-state index contributed by atoms with van der Waals surface area (Å²) in [7, 11) is 1.50. The van der Waals surface area contributed by atoms with Gasteiger partial charge < -0.3 is 11.5 Å². The number of nitrogens with zero attached hydrogens (tertiary/aromatic N) is 1. The van der Waals surface area contributed by atoms with Gasteiger partial charge in [-0.1, -0.05) is 0 Å². The average molecular weight is 152 g/mol. The maximum atomic E-state index is 6.97. The van der Waals surface area contributed by atoms with Crippen LogP contribution in [-0.4, -0.2) is 17.9 Å². The van der Waals surface area contributed by atoms with Gasteiger partial charge in [-0.05, 0) is 19.2 Å². The first-order chi connectivity index (χ1) is 5.30. The van der Waals surface area contributed by atoms with E-state index in [1.807, 2.05) is 0 Å². The highest BCUT2D eigenvalue weighted by molar-refractivity contribution is 5.94. The van der Waals surface area contributed by atoms with Crippen molar-refractivity contribution in [3.63, 3.8) is 0 Å². The van der Waals surface area contributed by atoms with E-state index in [1.54, 1.807) is 24.5 Å². The van der Waals surface area contributed by atoms with Crippen molar-refractivity contribution in [3.05, 3.63) is 30.1 Å². The summed E-state index contributed by atoms with van der Waals surface area (Å²) in [4.78, 5) is 3.79. The molecule has 0 aromatic carbocycles. The van der Waals surface area contributed by atoms with Gasteiger partial charge in [-0.2, -0.15) is 0 Å². The van der Waals surface area contributed by atoms with E-state index in [0.29, 0.717) is 5.56 Å². The molecular weight excluding hydrogens is 140 g/mol. The SMILES string of the molecule is CN.N=C(N)c1cccnc1. The molecule has 0 atom stereocenters. The van der Waals surface area contributed by atoms with Gasteiger partial charge >= 0.3 is 0 Å². The fourth-order valence-electron chi connectivity index (χ4n) is 0.522. The number of amidine groups is 1. The molecule has 11 heavy (non-hydrogen) atoms. The van der Waals surface area contributed by atoms with Gasteiger partial charge in [-0.25, -0.2) is 0 Å². The third-order valence-electron chi connectivity index (χ3n) is 0.973. The van der Waals surface area contributed by atoms with Gasteiger partial charge in [-0.3, -0.25) is 10.4 Å². The zero-order valence-corrected chi connectivity index (χ0v) is 6.41. The molecule has 0 saturated carbocycles. The van der Waals surface area contributed by atoms with Crippen molar-refractivity contribution in [1.29, 1.82) is 5.41 Å². The van der Waals surface area contributed by atoms with Crippen LogP contribution in [0, 0.1) is 5.41 Å². The third-order valence-corrected chi connectivity index (χ3v) is 0.973. The highest BCUT2D eigenvalue weighted by atomic mass is 14.7. The minimum atomic E-state index is 0.0584. The van der Waals surface area contributed by atoms with Crippen LogP contribution in [0.1, 0.15) is 5.56 Å². The first-order valence-corrected chi connectivity index (χ1v) is 3.13. The molecule has 5 N–H and O–H groups in total. The van der Waals surface area contributed by atoms with Gasteiger partial charge in [0, 0.05) is 18.0 Å². The first-order valence-electron chi connectivity index (χ1n) is 3.13. The van der Waals surface area contributed by atoms with Crippen molar-refractivity contribution >= 4 is 5.84 Å². The van der Waals surface area contributed by atoms with Crippen LogP contribution in [0.3, 0.4) is 0 Å². The molecule has 0 bridgehead atoms. The number of nitrogens with one attached hydrogen (secondary N) is 1. The number of nitrogens with two attached hydrogens (primary N) is 2. The molecule has 0 aliphatic carbocycles. The van der Waals surface area contributed by atoms with E-state index in [9.17, 15) is 0 Å². The van der Waals surface area contributed by atoms with Crippen LogP contribution in [0.2, 0.25) is 0 Å². The van der Waals surface area contributed by atoms with Crippen molar-refractivity contribution in [3.8, 4) is 0 Å². The van der Waals surface area contributed by atoms with Gasteiger partial charge in [0.05, 0.1) is 0 Å². The average Bonchev–Trinajstić information content (AvgIpc) is 2.10. The van der Waals surface area contributed by atoms with E-state index >= 15 is 0 Å². The molecular formula is C7H12N4. The molecule has 0 unspecified atom stereocenters. The molecule has 60 valence electrons. The van der Waals surface area contributed by atoms with Crippen molar-refractivity contribution in [2.24, 2.45) is 11.5 Å². The summed E-state index contributed by atoms with van der Waals surface area (Å²) in [5.74, 6) is 0.0584. The minimum Gasteiger partial charge on any atom is -0.384 e. The summed E-state index contributed by atoms with van der Waals surface area (Å²) in [6.07, 6.45) is 3.20. The lowest BCUT2D eigenvalue weighted by molar-refractivity contribution is 1.30. The predicted molar refractivity (Wildman–Crippen MR) is 45.4 cm³/mol. The fourth-order valence-corrected chi connectivity index (χ4v) is 0.522. The van der Waals surface area contributed by atoms with Gasteiger partial charge in [0.1, 0.15) is 5.84 Å². The maximum absolute atomic E-state index is 6.97. The van der Waals surface area contributed by atoms with Crippen molar-refractivity contribution in [1.82, 2.24) is 4.98 Å². The summed E-state index contributed by atoms with van der Waals surface area (Å²) in [6, 6.07) is 3.49. The Morgan fingerprint density at radius 2 is 2.18 bits per heavy atom. The molecule has 0 amide bonds. The Morgan fingerprint density at radius 3 is 2.45 bits per heavy atom. The lowest BCUT2D eigenvalue weighted by Gasteiger charge is -1.92. The number of hydrogen-bond donors (Lipinski definition) is 3. The summed E-state index contributed by atoms with van der Waals surface area (Å²) in [5, 5.41) is 6.97. The van der Waals surface area contributed by atoms with E-state index in [4.69, 9.17) is 11.1 Å². The minimum absolute atomic E-state index is 0.0584. The van der Waals surface area contributed by atoms with E-state index in [0.717, 1.165) is 0 Å². The Bertz CT molecular complexity index is 207. The predicted octanol–water partition coefficient (Wildman–Crippen LogP) is -0.0594. The van der Waals surface area contributed by atoms with Gasteiger partial charge in [0.15, 0.2) is 0 Å². The quantitative estimate of drug-likeness (QED) is 0.389. The second-order valence-corrected chi connectivity index (χ2v) is 1.66. The third kappa shape index (κ3) is 3.32. The second-order valence-electron chi connectivity index (χ2n) is 1.66. The lowest BCUT2D eigenvalue weighted by atomic mass is 10.3. The zero-order valence-electron chi connectivity index (χ0n) is 6.41. The number of rotatable bonds is 1. The van der Waals surface area contributed by atoms with E-state index < -0.39 is 0 Å². The topological polar surface area (TPSA) is 88.8 Å². The summed E-state index contributed by atoms with van der Waals surface area (Å²) in [5.41, 5.74) is 10.3. The molecule has 0 radical (unpaired) electrons.